The van der Waals surface area contributed by atoms with E-state index < -0.39 is 0 Å². The zero-order valence-electron chi connectivity index (χ0n) is 17.8. The predicted molar refractivity (Wildman–Crippen MR) is 119 cm³/mol. The minimum atomic E-state index is -0.0388. The van der Waals surface area contributed by atoms with Gasteiger partial charge in [-0.1, -0.05) is 0 Å². The highest BCUT2D eigenvalue weighted by molar-refractivity contribution is 7.13. The van der Waals surface area contributed by atoms with E-state index in [2.05, 4.69) is 27.8 Å². The molecule has 1 saturated carbocycles. The van der Waals surface area contributed by atoms with Crippen LogP contribution in [0.25, 0.3) is 0 Å². The molecule has 1 aromatic rings. The third-order valence-electron chi connectivity index (χ3n) is 5.59. The van der Waals surface area contributed by atoms with Gasteiger partial charge < -0.3 is 20.3 Å². The Morgan fingerprint density at radius 1 is 1.28 bits per heavy atom. The number of carbonyl (C=O) groups is 1. The highest BCUT2D eigenvalue weighted by Crippen LogP contribution is 2.26. The summed E-state index contributed by atoms with van der Waals surface area (Å²) in [7, 11) is 0. The van der Waals surface area contributed by atoms with E-state index in [-0.39, 0.29) is 11.9 Å². The first-order valence-corrected chi connectivity index (χ1v) is 12.0. The van der Waals surface area contributed by atoms with Gasteiger partial charge in [-0.25, -0.2) is 4.98 Å². The summed E-state index contributed by atoms with van der Waals surface area (Å²) in [6.45, 7) is 8.24. The minimum Gasteiger partial charge on any atom is -0.466 e. The molecular formula is C21H35N5O2S. The molecule has 7 nitrogen and oxygen atoms in total. The summed E-state index contributed by atoms with van der Waals surface area (Å²) in [5.74, 6) is 0.882. The maximum Gasteiger partial charge on any atom is 0.308 e. The number of nitrogens with zero attached hydrogens (tertiary/aromatic N) is 3. The van der Waals surface area contributed by atoms with Gasteiger partial charge in [0, 0.05) is 44.0 Å². The maximum atomic E-state index is 11.9. The summed E-state index contributed by atoms with van der Waals surface area (Å²) < 4.78 is 5.16. The largest absolute Gasteiger partial charge is 0.466 e. The van der Waals surface area contributed by atoms with Gasteiger partial charge >= 0.3 is 5.97 Å². The van der Waals surface area contributed by atoms with Gasteiger partial charge in [0.05, 0.1) is 18.2 Å². The highest BCUT2D eigenvalue weighted by Gasteiger charge is 2.27. The van der Waals surface area contributed by atoms with Gasteiger partial charge in [-0.05, 0) is 52.4 Å². The van der Waals surface area contributed by atoms with E-state index in [9.17, 15) is 4.79 Å². The zero-order chi connectivity index (χ0) is 20.5. The van der Waals surface area contributed by atoms with Crippen molar-refractivity contribution in [3.63, 3.8) is 0 Å². The molecule has 2 aliphatic rings. The van der Waals surface area contributed by atoms with Gasteiger partial charge in [0.1, 0.15) is 0 Å². The lowest BCUT2D eigenvalue weighted by Gasteiger charge is -2.29. The second kappa shape index (κ2) is 11.4. The van der Waals surface area contributed by atoms with Crippen LogP contribution in [0.15, 0.2) is 10.4 Å². The van der Waals surface area contributed by atoms with Crippen molar-refractivity contribution in [3.8, 4) is 0 Å². The Morgan fingerprint density at radius 2 is 2.03 bits per heavy atom. The molecule has 29 heavy (non-hydrogen) atoms. The first-order chi connectivity index (χ1) is 14.2. The average molecular weight is 422 g/mol. The van der Waals surface area contributed by atoms with Crippen LogP contribution in [0.2, 0.25) is 0 Å². The summed E-state index contributed by atoms with van der Waals surface area (Å²) in [6.07, 6.45) is 7.12. The Morgan fingerprint density at radius 3 is 2.72 bits per heavy atom. The van der Waals surface area contributed by atoms with Gasteiger partial charge in [0.15, 0.2) is 11.1 Å². The van der Waals surface area contributed by atoms with Crippen LogP contribution in [0.4, 0.5) is 5.13 Å². The molecule has 0 unspecified atom stereocenters. The number of esters is 1. The number of hydrogen-bond acceptors (Lipinski definition) is 6. The highest BCUT2D eigenvalue weighted by atomic mass is 32.1. The molecule has 1 aliphatic heterocycles. The Hall–Kier alpha value is -1.83. The second-order valence-corrected chi connectivity index (χ2v) is 8.61. The Balaban J connectivity index is 1.44. The van der Waals surface area contributed by atoms with Gasteiger partial charge in [-0.15, -0.1) is 11.3 Å². The topological polar surface area (TPSA) is 78.9 Å². The molecule has 2 fully saturated rings. The molecule has 1 aromatic heterocycles. The van der Waals surface area contributed by atoms with E-state index in [1.165, 1.54) is 12.8 Å². The monoisotopic (exact) mass is 421 g/mol. The number of carbonyl (C=O) groups excluding carboxylic acids is 1. The number of aliphatic imine (C=N–C) groups is 1. The second-order valence-electron chi connectivity index (χ2n) is 7.77. The SMILES string of the molecule is CCNC(=NCCc1csc(N2CCCC2)n1)NC1CCC(C(=O)OCC)CC1. The lowest BCUT2D eigenvalue weighted by molar-refractivity contribution is -0.149. The first-order valence-electron chi connectivity index (χ1n) is 11.1. The van der Waals surface area contributed by atoms with Gasteiger partial charge in [-0.2, -0.15) is 0 Å². The number of guanidine groups is 1. The van der Waals surface area contributed by atoms with Gasteiger partial charge in [0.25, 0.3) is 0 Å². The fourth-order valence-electron chi connectivity index (χ4n) is 3.99. The standard InChI is InChI=1S/C21H35N5O2S/c1-3-22-20(24-17-9-7-16(8-10-17)19(27)28-4-2)23-12-11-18-15-29-21(25-18)26-13-5-6-14-26/h15-17H,3-14H2,1-2H3,(H2,22,23,24). The molecule has 162 valence electrons. The van der Waals surface area contributed by atoms with E-state index in [1.54, 1.807) is 11.3 Å². The fraction of sp³-hybridized carbons (Fsp3) is 0.762. The van der Waals surface area contributed by atoms with Crippen molar-refractivity contribution in [2.45, 2.75) is 64.8 Å². The van der Waals surface area contributed by atoms with Crippen LogP contribution in [0, 0.1) is 5.92 Å². The molecule has 0 spiro atoms. The number of thiazole rings is 1. The number of rotatable bonds is 8. The van der Waals surface area contributed by atoms with Gasteiger partial charge in [-0.3, -0.25) is 9.79 Å². The van der Waals surface area contributed by atoms with E-state index >= 15 is 0 Å². The number of nitrogens with one attached hydrogen (secondary N) is 2. The third-order valence-corrected chi connectivity index (χ3v) is 6.54. The van der Waals surface area contributed by atoms with Crippen LogP contribution in [0.5, 0.6) is 0 Å². The number of anilines is 1. The van der Waals surface area contributed by atoms with E-state index in [1.807, 2.05) is 6.92 Å². The van der Waals surface area contributed by atoms with E-state index in [0.717, 1.165) is 75.1 Å². The zero-order valence-corrected chi connectivity index (χ0v) is 18.6. The van der Waals surface area contributed by atoms with Crippen LogP contribution in [-0.4, -0.2) is 55.7 Å². The molecule has 3 rings (SSSR count). The smallest absolute Gasteiger partial charge is 0.308 e. The molecule has 0 bridgehead atoms. The molecule has 0 amide bonds. The molecule has 8 heteroatoms. The van der Waals surface area contributed by atoms with Crippen molar-refractivity contribution < 1.29 is 9.53 Å². The van der Waals surface area contributed by atoms with Crippen molar-refractivity contribution in [2.75, 3.05) is 37.7 Å². The number of hydrogen-bond donors (Lipinski definition) is 2. The van der Waals surface area contributed by atoms with Gasteiger partial charge in [0.2, 0.25) is 0 Å². The van der Waals surface area contributed by atoms with E-state index in [4.69, 9.17) is 14.7 Å². The molecule has 0 radical (unpaired) electrons. The molecule has 1 saturated heterocycles. The van der Waals surface area contributed by atoms with Crippen molar-refractivity contribution in [1.29, 1.82) is 0 Å². The number of ether oxygens (including phenoxy) is 1. The van der Waals surface area contributed by atoms with Crippen molar-refractivity contribution in [2.24, 2.45) is 10.9 Å². The van der Waals surface area contributed by atoms with Crippen LogP contribution >= 0.6 is 11.3 Å². The lowest BCUT2D eigenvalue weighted by atomic mass is 9.86. The predicted octanol–water partition coefficient (Wildman–Crippen LogP) is 2.96. The third kappa shape index (κ3) is 6.59. The molecule has 2 N–H and O–H groups in total. The van der Waals surface area contributed by atoms with Crippen molar-refractivity contribution in [1.82, 2.24) is 15.6 Å². The number of aromatic nitrogens is 1. The Kier molecular flexibility index (Phi) is 8.58. The van der Waals surface area contributed by atoms with E-state index in [0.29, 0.717) is 12.6 Å². The Labute approximate surface area is 178 Å². The summed E-state index contributed by atoms with van der Waals surface area (Å²) in [5, 5.41) is 10.2. The van der Waals surface area contributed by atoms with Crippen molar-refractivity contribution in [3.05, 3.63) is 11.1 Å². The molecule has 2 heterocycles. The van der Waals surface area contributed by atoms with Crippen molar-refractivity contribution >= 4 is 28.4 Å². The first kappa shape index (κ1) is 21.9. The molecule has 0 aromatic carbocycles. The van der Waals surface area contributed by atoms with Crippen LogP contribution < -0.4 is 15.5 Å². The quantitative estimate of drug-likeness (QED) is 0.382. The van der Waals surface area contributed by atoms with Crippen LogP contribution in [0.3, 0.4) is 0 Å². The van der Waals surface area contributed by atoms with Crippen LogP contribution in [-0.2, 0) is 16.0 Å². The average Bonchev–Trinajstić information content (AvgIpc) is 3.41. The maximum absolute atomic E-state index is 11.9. The molecular weight excluding hydrogens is 386 g/mol. The Bertz CT molecular complexity index is 664. The summed E-state index contributed by atoms with van der Waals surface area (Å²) >= 11 is 1.75. The summed E-state index contributed by atoms with van der Waals surface area (Å²) in [5.41, 5.74) is 1.13. The summed E-state index contributed by atoms with van der Waals surface area (Å²) in [6, 6.07) is 0.361. The lowest BCUT2D eigenvalue weighted by Crippen LogP contribution is -2.45. The van der Waals surface area contributed by atoms with Crippen LogP contribution in [0.1, 0.15) is 58.1 Å². The fourth-order valence-corrected chi connectivity index (χ4v) is 4.91. The molecule has 0 atom stereocenters. The molecule has 1 aliphatic carbocycles. The minimum absolute atomic E-state index is 0.0388. The summed E-state index contributed by atoms with van der Waals surface area (Å²) in [4.78, 5) is 23.8. The normalized spacial score (nSPS) is 22.6.